The van der Waals surface area contributed by atoms with Crippen molar-refractivity contribution < 1.29 is 19.2 Å². The molecule has 0 unspecified atom stereocenters. The van der Waals surface area contributed by atoms with E-state index < -0.39 is 7.82 Å². The Morgan fingerprint density at radius 3 is 0.538 bits per heavy atom. The van der Waals surface area contributed by atoms with E-state index in [-0.39, 0.29) is 0 Å². The molecule has 0 aliphatic heterocycles. The van der Waals surface area contributed by atoms with E-state index in [2.05, 4.69) is 83.1 Å². The molecule has 0 aromatic carbocycles. The summed E-state index contributed by atoms with van der Waals surface area (Å²) in [6, 6.07) is 0. The molecule has 26 heavy (non-hydrogen) atoms. The molecule has 0 N–H and O–H groups in total. The van der Waals surface area contributed by atoms with Crippen LogP contribution in [0.5, 0.6) is 0 Å². The van der Waals surface area contributed by atoms with E-state index in [0.29, 0.717) is 45.7 Å². The van der Waals surface area contributed by atoms with Gasteiger partial charge in [0.05, 0.1) is 0 Å². The molecule has 0 rings (SSSR count). The second kappa shape index (κ2) is 21.4. The van der Waals surface area contributed by atoms with Crippen molar-refractivity contribution in [2.24, 2.45) is 0 Å². The van der Waals surface area contributed by atoms with Crippen molar-refractivity contribution in [3.8, 4) is 0 Å². The minimum Gasteiger partial charge on any atom is -0.822 e. The molecule has 152 valence electrons. The summed E-state index contributed by atoms with van der Waals surface area (Å²) < 4.78 is 14.3. The van der Waals surface area contributed by atoms with Gasteiger partial charge in [-0.2, -0.15) is 7.82 Å². The Morgan fingerprint density at radius 2 is 0.538 bits per heavy atom. The van der Waals surface area contributed by atoms with Crippen LogP contribution < -0.4 is 14.7 Å². The molecule has 0 bridgehead atoms. The Labute approximate surface area is 183 Å². The molecule has 0 saturated heterocycles. The molecule has 0 aliphatic rings. The van der Waals surface area contributed by atoms with Crippen molar-refractivity contribution in [3.05, 3.63) is 0 Å². The van der Waals surface area contributed by atoms with Crippen LogP contribution in [0.15, 0.2) is 0 Å². The van der Waals surface area contributed by atoms with Gasteiger partial charge < -0.3 is 19.2 Å². The maximum absolute atomic E-state index is 8.55. The fourth-order valence-electron chi connectivity index (χ4n) is 2.31. The minimum atomic E-state index is -5.39. The number of hydrogen-bond donors (Lipinski definition) is 0. The van der Waals surface area contributed by atoms with Crippen LogP contribution in [0, 0.1) is 0 Å². The number of phosphoric acid groups is 1. The SMILES string of the molecule is C[CH](C)[Al+][CH](C)C.C[CH](C)[Al+][CH](C)C.C[CH](C)[Al+][CH](C)C.O=P([O-])([O-])[O-]. The van der Waals surface area contributed by atoms with Gasteiger partial charge in [0.1, 0.15) is 0 Å². The maximum atomic E-state index is 8.55. The monoisotopic (exact) mass is 434 g/mol. The average molecular weight is 434 g/mol. The zero-order chi connectivity index (χ0) is 22.1. The van der Waals surface area contributed by atoms with Crippen LogP contribution in [0.1, 0.15) is 83.1 Å². The van der Waals surface area contributed by atoms with E-state index in [1.807, 2.05) is 0 Å². The molecule has 0 atom stereocenters. The van der Waals surface area contributed by atoms with Gasteiger partial charge in [0.2, 0.25) is 0 Å². The first-order chi connectivity index (χ1) is 11.4. The number of hydrogen-bond acceptors (Lipinski definition) is 4. The minimum absolute atomic E-state index is 0.713. The second-order valence-electron chi connectivity index (χ2n) is 8.49. The summed E-state index contributed by atoms with van der Waals surface area (Å²) in [5, 5.41) is 0. The van der Waals surface area contributed by atoms with Crippen molar-refractivity contribution in [2.75, 3.05) is 0 Å². The molecule has 0 aliphatic carbocycles. The Hall–Kier alpha value is 1.71. The Bertz CT molecular complexity index is 258. The van der Waals surface area contributed by atoms with Crippen LogP contribution in [0.3, 0.4) is 0 Å². The first-order valence-electron chi connectivity index (χ1n) is 9.66. The third-order valence-electron chi connectivity index (χ3n) is 2.31. The second-order valence-corrected chi connectivity index (χ2v) is 18.5. The molecule has 0 radical (unpaired) electrons. The Balaban J connectivity index is -0.000000125. The maximum Gasteiger partial charge on any atom is -0.159 e. The van der Waals surface area contributed by atoms with Gasteiger partial charge in [0, 0.05) is 0 Å². The summed E-state index contributed by atoms with van der Waals surface area (Å²) in [4.78, 5) is 25.6. The molecule has 0 heterocycles. The Kier molecular flexibility index (Phi) is 29.0. The van der Waals surface area contributed by atoms with E-state index in [1.165, 1.54) is 0 Å². The zero-order valence-corrected chi connectivity index (χ0v) is 23.6. The predicted molar refractivity (Wildman–Crippen MR) is 115 cm³/mol. The largest absolute Gasteiger partial charge is 0.822 e. The van der Waals surface area contributed by atoms with Gasteiger partial charge in [-0.05, 0) is 0 Å². The van der Waals surface area contributed by atoms with Crippen molar-refractivity contribution >= 4 is 53.5 Å². The van der Waals surface area contributed by atoms with Crippen molar-refractivity contribution in [3.63, 3.8) is 0 Å². The molecular formula is C18H42Al3O4P. The van der Waals surface area contributed by atoms with Crippen LogP contribution in [0.25, 0.3) is 0 Å². The molecule has 0 aromatic rings. The standard InChI is InChI=1S/6C3H7.3Al.H3O4P/c6*1-3-2;;;;1-5(2,3)4/h6*3H,1-2H3;;;;(H3,1,2,3,4)/q;;;;;;3*+1;/p-3. The van der Waals surface area contributed by atoms with Gasteiger partial charge in [-0.25, -0.2) is 0 Å². The average Bonchev–Trinajstić information content (AvgIpc) is 2.20. The first kappa shape index (κ1) is 35.2. The molecule has 8 heteroatoms. The topological polar surface area (TPSA) is 86.2 Å². The van der Waals surface area contributed by atoms with Crippen molar-refractivity contribution in [1.82, 2.24) is 0 Å². The van der Waals surface area contributed by atoms with E-state index in [0.717, 1.165) is 28.7 Å². The fraction of sp³-hybridized carbons (Fsp3) is 1.00. The smallest absolute Gasteiger partial charge is 0.159 e. The summed E-state index contributed by atoms with van der Waals surface area (Å²) in [5.74, 6) is 0. The normalized spacial score (nSPS) is 10.3. The number of rotatable bonds is 6. The molecule has 4 nitrogen and oxygen atoms in total. The van der Waals surface area contributed by atoms with Gasteiger partial charge in [0.25, 0.3) is 0 Å². The van der Waals surface area contributed by atoms with Gasteiger partial charge in [-0.1, -0.05) is 0 Å². The predicted octanol–water partition coefficient (Wildman–Crippen LogP) is 4.22. The molecular weight excluding hydrogens is 392 g/mol. The molecule has 0 fully saturated rings. The Morgan fingerprint density at radius 1 is 0.462 bits per heavy atom. The zero-order valence-electron chi connectivity index (χ0n) is 19.3. The van der Waals surface area contributed by atoms with Gasteiger partial charge >= 0.3 is 157 Å². The summed E-state index contributed by atoms with van der Waals surface area (Å²) in [5.41, 5.74) is 0. The van der Waals surface area contributed by atoms with Gasteiger partial charge in [-0.3, -0.25) is 0 Å². The van der Waals surface area contributed by atoms with Crippen molar-refractivity contribution in [1.29, 1.82) is 0 Å². The van der Waals surface area contributed by atoms with Crippen LogP contribution in [-0.2, 0) is 4.57 Å². The van der Waals surface area contributed by atoms with Crippen LogP contribution >= 0.6 is 7.82 Å². The van der Waals surface area contributed by atoms with Crippen molar-refractivity contribution in [2.45, 2.75) is 112 Å². The quantitative estimate of drug-likeness (QED) is 0.463. The molecule has 0 saturated carbocycles. The third kappa shape index (κ3) is 83.5. The summed E-state index contributed by atoms with van der Waals surface area (Å²) in [7, 11) is -5.39. The molecule has 0 spiro atoms. The van der Waals surface area contributed by atoms with E-state index in [4.69, 9.17) is 19.2 Å². The van der Waals surface area contributed by atoms with Crippen LogP contribution in [0.2, 0.25) is 28.7 Å². The third-order valence-corrected chi connectivity index (χ3v) is 6.93. The summed E-state index contributed by atoms with van der Waals surface area (Å²) in [6.45, 7) is 27.6. The van der Waals surface area contributed by atoms with Gasteiger partial charge in [0.15, 0.2) is 0 Å². The van der Waals surface area contributed by atoms with Crippen LogP contribution in [-0.4, -0.2) is 45.7 Å². The summed E-state index contributed by atoms with van der Waals surface area (Å²) in [6.07, 6.45) is 0. The first-order valence-corrected chi connectivity index (χ1v) is 15.1. The van der Waals surface area contributed by atoms with E-state index >= 15 is 0 Å². The molecule has 0 amide bonds. The summed E-state index contributed by atoms with van der Waals surface area (Å²) >= 11 is 2.14. The van der Waals surface area contributed by atoms with E-state index in [1.54, 1.807) is 0 Å². The fourth-order valence-corrected chi connectivity index (χ4v) is 6.93. The van der Waals surface area contributed by atoms with Gasteiger partial charge in [-0.15, -0.1) is 0 Å². The van der Waals surface area contributed by atoms with Crippen LogP contribution in [0.4, 0.5) is 0 Å². The van der Waals surface area contributed by atoms with E-state index in [9.17, 15) is 0 Å². The molecule has 0 aromatic heterocycles.